The molecule has 6 nitrogen and oxygen atoms in total. The van der Waals surface area contributed by atoms with E-state index < -0.39 is 0 Å². The normalized spacial score (nSPS) is 15.6. The molecular weight excluding hydrogens is 344 g/mol. The lowest BCUT2D eigenvalue weighted by molar-refractivity contribution is 0.0936. The number of rotatable bonds is 5. The fourth-order valence-electron chi connectivity index (χ4n) is 3.69. The van der Waals surface area contributed by atoms with Gasteiger partial charge in [-0.25, -0.2) is 0 Å². The smallest absolute Gasteiger partial charge is 0.263 e. The van der Waals surface area contributed by atoms with Gasteiger partial charge in [0.2, 0.25) is 0 Å². The quantitative estimate of drug-likeness (QED) is 0.876. The van der Waals surface area contributed by atoms with Crippen LogP contribution < -0.4 is 20.3 Å². The molecule has 27 heavy (non-hydrogen) atoms. The lowest BCUT2D eigenvalue weighted by Crippen LogP contribution is -2.38. The van der Waals surface area contributed by atoms with Gasteiger partial charge in [-0.1, -0.05) is 19.1 Å². The van der Waals surface area contributed by atoms with Crippen molar-refractivity contribution in [2.45, 2.75) is 26.7 Å². The Morgan fingerprint density at radius 2 is 2.19 bits per heavy atom. The molecule has 1 atom stereocenters. The van der Waals surface area contributed by atoms with Gasteiger partial charge in [0, 0.05) is 25.2 Å². The second kappa shape index (κ2) is 7.86. The lowest BCUT2D eigenvalue weighted by atomic mass is 9.96. The minimum atomic E-state index is -0.335. The van der Waals surface area contributed by atoms with Crippen LogP contribution in [0.15, 0.2) is 29.1 Å². The van der Waals surface area contributed by atoms with Crippen LogP contribution in [0.1, 0.15) is 34.1 Å². The van der Waals surface area contributed by atoms with Crippen molar-refractivity contribution >= 4 is 5.91 Å². The molecule has 1 aromatic heterocycles. The molecule has 0 unspecified atom stereocenters. The van der Waals surface area contributed by atoms with Gasteiger partial charge in [0.05, 0.1) is 13.7 Å². The zero-order valence-electron chi connectivity index (χ0n) is 16.3. The molecule has 0 radical (unpaired) electrons. The summed E-state index contributed by atoms with van der Waals surface area (Å²) < 4.78 is 12.7. The maximum Gasteiger partial charge on any atom is 0.263 e. The van der Waals surface area contributed by atoms with E-state index >= 15 is 0 Å². The highest BCUT2D eigenvalue weighted by Crippen LogP contribution is 2.35. The zero-order chi connectivity index (χ0) is 19.6. The van der Waals surface area contributed by atoms with E-state index in [1.807, 2.05) is 32.0 Å². The number of methoxy groups -OCH3 is 1. The number of nitrogens with one attached hydrogen (secondary N) is 1. The first kappa shape index (κ1) is 19.0. The van der Waals surface area contributed by atoms with Crippen molar-refractivity contribution in [3.05, 3.63) is 57.0 Å². The first-order valence-corrected chi connectivity index (χ1v) is 9.22. The number of amides is 1. The fourth-order valence-corrected chi connectivity index (χ4v) is 3.69. The number of hydrogen-bond acceptors (Lipinski definition) is 4. The Kier molecular flexibility index (Phi) is 5.54. The molecule has 1 aliphatic rings. The zero-order valence-corrected chi connectivity index (χ0v) is 16.3. The fraction of sp³-hybridized carbons (Fsp3) is 0.429. The van der Waals surface area contributed by atoms with E-state index in [9.17, 15) is 9.59 Å². The predicted molar refractivity (Wildman–Crippen MR) is 104 cm³/mol. The molecular formula is C21H26N2O4. The second-order valence-corrected chi connectivity index (χ2v) is 6.95. The van der Waals surface area contributed by atoms with E-state index in [0.717, 1.165) is 41.2 Å². The highest BCUT2D eigenvalue weighted by Gasteiger charge is 2.24. The van der Waals surface area contributed by atoms with E-state index in [1.54, 1.807) is 24.8 Å². The molecule has 1 aromatic carbocycles. The number of fused-ring (bicyclic) bond motifs is 1. The number of benzene rings is 1. The Morgan fingerprint density at radius 3 is 2.89 bits per heavy atom. The van der Waals surface area contributed by atoms with Crippen LogP contribution in [-0.2, 0) is 19.9 Å². The monoisotopic (exact) mass is 370 g/mol. The molecule has 3 rings (SSSR count). The first-order chi connectivity index (χ1) is 13.0. The van der Waals surface area contributed by atoms with Crippen LogP contribution in [0.4, 0.5) is 0 Å². The van der Waals surface area contributed by atoms with Gasteiger partial charge in [-0.3, -0.25) is 9.59 Å². The third-order valence-corrected chi connectivity index (χ3v) is 5.14. The van der Waals surface area contributed by atoms with E-state index in [2.05, 4.69) is 5.32 Å². The van der Waals surface area contributed by atoms with Crippen molar-refractivity contribution in [3.8, 4) is 11.5 Å². The molecule has 1 aliphatic heterocycles. The van der Waals surface area contributed by atoms with Gasteiger partial charge in [0.1, 0.15) is 5.56 Å². The summed E-state index contributed by atoms with van der Waals surface area (Å²) >= 11 is 0. The van der Waals surface area contributed by atoms with Gasteiger partial charge >= 0.3 is 0 Å². The molecule has 0 fully saturated rings. The lowest BCUT2D eigenvalue weighted by Gasteiger charge is -2.26. The molecule has 0 saturated carbocycles. The van der Waals surface area contributed by atoms with Gasteiger partial charge in [-0.15, -0.1) is 0 Å². The van der Waals surface area contributed by atoms with Crippen LogP contribution in [0.3, 0.4) is 0 Å². The van der Waals surface area contributed by atoms with Crippen molar-refractivity contribution < 1.29 is 14.3 Å². The Morgan fingerprint density at radius 1 is 1.41 bits per heavy atom. The van der Waals surface area contributed by atoms with Crippen LogP contribution >= 0.6 is 0 Å². The molecule has 144 valence electrons. The summed E-state index contributed by atoms with van der Waals surface area (Å²) in [5, 5.41) is 2.90. The van der Waals surface area contributed by atoms with Crippen LogP contribution in [0.25, 0.3) is 0 Å². The summed E-state index contributed by atoms with van der Waals surface area (Å²) in [6, 6.07) is 7.51. The minimum Gasteiger partial charge on any atom is -0.493 e. The van der Waals surface area contributed by atoms with Gasteiger partial charge in [0.15, 0.2) is 11.5 Å². The molecule has 0 spiro atoms. The summed E-state index contributed by atoms with van der Waals surface area (Å²) in [6.45, 7) is 4.87. The maximum atomic E-state index is 12.6. The Bertz CT molecular complexity index is 917. The molecule has 1 amide bonds. The summed E-state index contributed by atoms with van der Waals surface area (Å²) in [4.78, 5) is 25.1. The Labute approximate surface area is 159 Å². The molecule has 2 aromatic rings. The number of aromatic nitrogens is 1. The number of aryl methyl sites for hydroxylation is 1. The largest absolute Gasteiger partial charge is 0.493 e. The summed E-state index contributed by atoms with van der Waals surface area (Å²) in [7, 11) is 3.34. The molecule has 0 bridgehead atoms. The molecule has 2 heterocycles. The van der Waals surface area contributed by atoms with Gasteiger partial charge in [0.25, 0.3) is 11.5 Å². The average molecular weight is 370 g/mol. The van der Waals surface area contributed by atoms with Crippen molar-refractivity contribution in [1.29, 1.82) is 0 Å². The van der Waals surface area contributed by atoms with Crippen molar-refractivity contribution in [1.82, 2.24) is 9.88 Å². The van der Waals surface area contributed by atoms with Crippen LogP contribution in [-0.4, -0.2) is 30.7 Å². The third kappa shape index (κ3) is 3.70. The third-order valence-electron chi connectivity index (χ3n) is 5.14. The number of para-hydroxylation sites is 1. The van der Waals surface area contributed by atoms with Crippen molar-refractivity contribution in [2.75, 3.05) is 20.3 Å². The molecule has 6 heteroatoms. The molecule has 1 N–H and O–H groups in total. The number of nitrogens with zero attached hydrogens (tertiary/aromatic N) is 1. The maximum absolute atomic E-state index is 12.6. The first-order valence-electron chi connectivity index (χ1n) is 9.22. The standard InChI is InChI=1S/C21H26N2O4/c1-5-17-13(2)9-16(21(25)23(17)3)20(24)22-11-14-10-15-7-6-8-18(26-4)19(15)27-12-14/h6-9,14H,5,10-12H2,1-4H3,(H,22,24)/t14-/m0/s1. The van der Waals surface area contributed by atoms with Crippen LogP contribution in [0, 0.1) is 12.8 Å². The SMILES string of the molecule is CCc1c(C)cc(C(=O)NC[C@H]2COc3c(cccc3OC)C2)c(=O)n1C. The number of hydrogen-bond donors (Lipinski definition) is 1. The summed E-state index contributed by atoms with van der Waals surface area (Å²) in [6.07, 6.45) is 1.54. The summed E-state index contributed by atoms with van der Waals surface area (Å²) in [5.41, 5.74) is 2.89. The predicted octanol–water partition coefficient (Wildman–Crippen LogP) is 2.25. The second-order valence-electron chi connectivity index (χ2n) is 6.95. The number of ether oxygens (including phenoxy) is 2. The Balaban J connectivity index is 1.69. The average Bonchev–Trinajstić information content (AvgIpc) is 2.68. The van der Waals surface area contributed by atoms with Crippen molar-refractivity contribution in [3.63, 3.8) is 0 Å². The summed E-state index contributed by atoms with van der Waals surface area (Å²) in [5.74, 6) is 1.32. The van der Waals surface area contributed by atoms with E-state index in [4.69, 9.17) is 9.47 Å². The van der Waals surface area contributed by atoms with Gasteiger partial charge < -0.3 is 19.4 Å². The molecule has 0 saturated heterocycles. The topological polar surface area (TPSA) is 69.6 Å². The Hall–Kier alpha value is -2.76. The number of carbonyl (C=O) groups is 1. The van der Waals surface area contributed by atoms with Crippen LogP contribution in [0.2, 0.25) is 0 Å². The highest BCUT2D eigenvalue weighted by molar-refractivity contribution is 5.94. The number of carbonyl (C=O) groups excluding carboxylic acids is 1. The van der Waals surface area contributed by atoms with Gasteiger partial charge in [-0.05, 0) is 43.0 Å². The number of pyridine rings is 1. The minimum absolute atomic E-state index is 0.147. The van der Waals surface area contributed by atoms with E-state index in [1.165, 1.54) is 0 Å². The highest BCUT2D eigenvalue weighted by atomic mass is 16.5. The van der Waals surface area contributed by atoms with E-state index in [0.29, 0.717) is 13.2 Å². The van der Waals surface area contributed by atoms with Crippen molar-refractivity contribution in [2.24, 2.45) is 13.0 Å². The van der Waals surface area contributed by atoms with Gasteiger partial charge in [-0.2, -0.15) is 0 Å². The molecule has 0 aliphatic carbocycles. The van der Waals surface area contributed by atoms with E-state index in [-0.39, 0.29) is 22.9 Å². The van der Waals surface area contributed by atoms with Crippen LogP contribution in [0.5, 0.6) is 11.5 Å².